The molecule has 0 aliphatic heterocycles. The summed E-state index contributed by atoms with van der Waals surface area (Å²) in [7, 11) is -2.20. The van der Waals surface area contributed by atoms with Crippen molar-refractivity contribution in [3.63, 3.8) is 0 Å². The highest BCUT2D eigenvalue weighted by Gasteiger charge is 2.24. The maximum Gasteiger partial charge on any atom is 0.224 e. The molecule has 3 rings (SSSR count). The number of fused-ring (bicyclic) bond motifs is 1. The third-order valence-electron chi connectivity index (χ3n) is 4.26. The minimum atomic E-state index is -2.20. The second kappa shape index (κ2) is 9.62. The van der Waals surface area contributed by atoms with E-state index in [0.717, 1.165) is 12.8 Å². The van der Waals surface area contributed by atoms with Gasteiger partial charge in [-0.2, -0.15) is 9.97 Å². The zero-order valence-corrected chi connectivity index (χ0v) is 17.1. The van der Waals surface area contributed by atoms with Gasteiger partial charge >= 0.3 is 0 Å². The Labute approximate surface area is 163 Å². The van der Waals surface area contributed by atoms with E-state index in [1.54, 1.807) is 20.2 Å². The van der Waals surface area contributed by atoms with Crippen molar-refractivity contribution < 1.29 is 19.1 Å². The predicted octanol–water partition coefficient (Wildman–Crippen LogP) is 0.765. The molecule has 0 radical (unpaired) electrons. The van der Waals surface area contributed by atoms with Crippen molar-refractivity contribution in [3.8, 4) is 0 Å². The molecule has 2 aromatic rings. The van der Waals surface area contributed by atoms with Crippen LogP contribution in [-0.2, 0) is 20.6 Å². The molecule has 1 saturated carbocycles. The lowest BCUT2D eigenvalue weighted by molar-refractivity contribution is -0.108. The van der Waals surface area contributed by atoms with Crippen molar-refractivity contribution in [1.82, 2.24) is 24.6 Å². The second-order valence-corrected chi connectivity index (χ2v) is 8.14. The minimum absolute atomic E-state index is 0.0616. The van der Waals surface area contributed by atoms with Gasteiger partial charge in [-0.3, -0.25) is 5.09 Å². The molecule has 28 heavy (non-hydrogen) atoms. The summed E-state index contributed by atoms with van der Waals surface area (Å²) in [5.74, 6) is 0.843. The van der Waals surface area contributed by atoms with Gasteiger partial charge in [0.1, 0.15) is 6.35 Å². The Hall–Kier alpha value is -1.78. The number of nitrogens with one attached hydrogen (secondary N) is 2. The molecule has 1 aliphatic rings. The zero-order valence-electron chi connectivity index (χ0n) is 16.1. The molecule has 0 saturated heterocycles. The van der Waals surface area contributed by atoms with Crippen LogP contribution in [-0.4, -0.2) is 62.6 Å². The number of nitrogens with zero attached hydrogens (tertiary/aromatic N) is 4. The van der Waals surface area contributed by atoms with Gasteiger partial charge in [-0.15, -0.1) is 0 Å². The van der Waals surface area contributed by atoms with Crippen LogP contribution in [0, 0.1) is 0 Å². The van der Waals surface area contributed by atoms with Crippen molar-refractivity contribution in [2.24, 2.45) is 0 Å². The first-order valence-electron chi connectivity index (χ1n) is 9.39. The summed E-state index contributed by atoms with van der Waals surface area (Å²) in [6.45, 7) is 4.70. The van der Waals surface area contributed by atoms with Crippen molar-refractivity contribution in [3.05, 3.63) is 6.33 Å². The Morgan fingerprint density at radius 1 is 1.46 bits per heavy atom. The van der Waals surface area contributed by atoms with Gasteiger partial charge in [-0.25, -0.2) is 4.98 Å². The van der Waals surface area contributed by atoms with Crippen LogP contribution < -0.4 is 16.1 Å². The summed E-state index contributed by atoms with van der Waals surface area (Å²) < 4.78 is 24.4. The van der Waals surface area contributed by atoms with E-state index in [9.17, 15) is 9.67 Å². The topological polar surface area (TPSA) is 149 Å². The number of ether oxygens (including phenoxy) is 2. The van der Waals surface area contributed by atoms with Crippen LogP contribution in [0.2, 0.25) is 0 Å². The van der Waals surface area contributed by atoms with Gasteiger partial charge in [0.15, 0.2) is 31.2 Å². The van der Waals surface area contributed by atoms with Gasteiger partial charge in [0.2, 0.25) is 5.95 Å². The number of hydrogen-bond acceptors (Lipinski definition) is 9. The van der Waals surface area contributed by atoms with E-state index in [1.165, 1.54) is 0 Å². The van der Waals surface area contributed by atoms with E-state index in [2.05, 4.69) is 25.4 Å². The van der Waals surface area contributed by atoms with Crippen LogP contribution in [0.1, 0.15) is 26.7 Å². The van der Waals surface area contributed by atoms with E-state index < -0.39 is 20.3 Å². The van der Waals surface area contributed by atoms with Gasteiger partial charge in [0, 0.05) is 19.2 Å². The number of aliphatic hydroxyl groups excluding tert-OH is 1. The number of nitrogens with two attached hydrogens (primary N) is 1. The van der Waals surface area contributed by atoms with Crippen LogP contribution in [0.25, 0.3) is 11.2 Å². The van der Waals surface area contributed by atoms with Crippen LogP contribution in [0.5, 0.6) is 0 Å². The molecule has 0 spiro atoms. The van der Waals surface area contributed by atoms with E-state index in [4.69, 9.17) is 15.2 Å². The molecule has 0 amide bonds. The van der Waals surface area contributed by atoms with Gasteiger partial charge in [-0.1, -0.05) is 0 Å². The summed E-state index contributed by atoms with van der Waals surface area (Å²) in [4.78, 5) is 12.9. The molecule has 0 bridgehead atoms. The van der Waals surface area contributed by atoms with E-state index in [0.29, 0.717) is 42.8 Å². The number of anilines is 2. The van der Waals surface area contributed by atoms with E-state index >= 15 is 0 Å². The van der Waals surface area contributed by atoms with Crippen molar-refractivity contribution in [2.45, 2.75) is 51.6 Å². The molecule has 156 valence electrons. The Bertz CT molecular complexity index is 814. The Morgan fingerprint density at radius 2 is 2.25 bits per heavy atom. The molecule has 1 fully saturated rings. The number of hydrogen-bond donors (Lipinski definition) is 4. The number of aliphatic hydroxyl groups is 1. The molecule has 11 nitrogen and oxygen atoms in total. The first-order chi connectivity index (χ1) is 13.5. The first kappa shape index (κ1) is 20.9. The molecule has 2 unspecified atom stereocenters. The van der Waals surface area contributed by atoms with Crippen LogP contribution >= 0.6 is 7.95 Å². The highest BCUT2D eigenvalue weighted by molar-refractivity contribution is 7.42. The summed E-state index contributed by atoms with van der Waals surface area (Å²) in [5, 5.41) is 15.8. The van der Waals surface area contributed by atoms with Gasteiger partial charge in [-0.05, 0) is 26.7 Å². The number of imidazole rings is 1. The number of aromatic nitrogens is 4. The summed E-state index contributed by atoms with van der Waals surface area (Å²) in [6, 6.07) is -0.00987. The van der Waals surface area contributed by atoms with Crippen LogP contribution in [0.4, 0.5) is 11.8 Å². The highest BCUT2D eigenvalue weighted by atomic mass is 31.1. The van der Waals surface area contributed by atoms with E-state index in [-0.39, 0.29) is 12.3 Å². The van der Waals surface area contributed by atoms with Crippen LogP contribution in [0.15, 0.2) is 6.33 Å². The second-order valence-electron chi connectivity index (χ2n) is 6.71. The first-order valence-corrected chi connectivity index (χ1v) is 11.0. The van der Waals surface area contributed by atoms with E-state index in [1.807, 2.05) is 4.57 Å². The van der Waals surface area contributed by atoms with Crippen molar-refractivity contribution in [2.75, 3.05) is 30.6 Å². The molecule has 1 aliphatic carbocycles. The quantitative estimate of drug-likeness (QED) is 0.223. The molecule has 3 atom stereocenters. The lowest BCUT2D eigenvalue weighted by atomic mass is 10.3. The average molecular weight is 413 g/mol. The Morgan fingerprint density at radius 3 is 2.96 bits per heavy atom. The minimum Gasteiger partial charge on any atom is -0.371 e. The fraction of sp³-hybridized carbons (Fsp3) is 0.688. The molecule has 0 aromatic carbocycles. The summed E-state index contributed by atoms with van der Waals surface area (Å²) in [6.07, 6.45) is 2.97. The molecule has 2 aromatic heterocycles. The smallest absolute Gasteiger partial charge is 0.224 e. The van der Waals surface area contributed by atoms with Crippen molar-refractivity contribution >= 4 is 30.9 Å². The van der Waals surface area contributed by atoms with Gasteiger partial charge < -0.3 is 34.8 Å². The van der Waals surface area contributed by atoms with Crippen LogP contribution in [0.3, 0.4) is 0 Å². The SMILES string of the molecule is CCOC(O)[C@@H](C)N[PH](=O)COCCn1cnc2c(NC3CC3)nc(N)nc21. The molecule has 12 heteroatoms. The lowest BCUT2D eigenvalue weighted by Crippen LogP contribution is -2.35. The normalized spacial score (nSPS) is 17.5. The van der Waals surface area contributed by atoms with Gasteiger partial charge in [0.05, 0.1) is 19.0 Å². The summed E-state index contributed by atoms with van der Waals surface area (Å²) >= 11 is 0. The maximum atomic E-state index is 12.1. The monoisotopic (exact) mass is 413 g/mol. The predicted molar refractivity (Wildman–Crippen MR) is 106 cm³/mol. The Balaban J connectivity index is 1.49. The largest absolute Gasteiger partial charge is 0.371 e. The molecule has 2 heterocycles. The summed E-state index contributed by atoms with van der Waals surface area (Å²) in [5.41, 5.74) is 7.14. The molecule has 5 N–H and O–H groups in total. The number of nitrogen functional groups attached to an aromatic ring is 1. The fourth-order valence-electron chi connectivity index (χ4n) is 2.66. The number of rotatable bonds is 12. The maximum absolute atomic E-state index is 12.1. The third-order valence-corrected chi connectivity index (χ3v) is 5.51. The Kier molecular flexibility index (Phi) is 7.19. The lowest BCUT2D eigenvalue weighted by Gasteiger charge is -2.19. The average Bonchev–Trinajstić information content (AvgIpc) is 3.37. The van der Waals surface area contributed by atoms with Crippen molar-refractivity contribution in [1.29, 1.82) is 0 Å². The van der Waals surface area contributed by atoms with Gasteiger partial charge in [0.25, 0.3) is 0 Å². The molecular formula is C16H28N7O4P. The molecular weight excluding hydrogens is 385 g/mol. The zero-order chi connectivity index (χ0) is 20.1. The standard InChI is InChI=1S/C16H28N7O4P/c1-3-27-15(24)10(2)22-28(25)9-26-7-6-23-8-18-12-13(19-11-4-5-11)20-16(17)21-14(12)23/h8,10-11,15,24,28H,3-7,9H2,1-2H3,(H,22,25)(H3,17,19,20,21)/t10-,15?/m1/s1. The highest BCUT2D eigenvalue weighted by Crippen LogP contribution is 2.27. The third kappa shape index (κ3) is 5.62. The fourth-order valence-corrected chi connectivity index (χ4v) is 3.72.